The number of nitrogens with zero attached hydrogens (tertiary/aromatic N) is 1. The van der Waals surface area contributed by atoms with Crippen LogP contribution >= 0.6 is 0 Å². The molecule has 1 aromatic heterocycles. The fraction of sp³-hybridized carbons (Fsp3) is 0.429. The zero-order chi connectivity index (χ0) is 18.1. The molecule has 0 saturated heterocycles. The van der Waals surface area contributed by atoms with Crippen molar-refractivity contribution in [1.82, 2.24) is 4.98 Å². The van der Waals surface area contributed by atoms with Crippen LogP contribution in [0.5, 0.6) is 5.75 Å². The largest absolute Gasteiger partial charge is 0.505 e. The minimum Gasteiger partial charge on any atom is -0.505 e. The van der Waals surface area contributed by atoms with Crippen molar-refractivity contribution in [2.75, 3.05) is 6.61 Å². The summed E-state index contributed by atoms with van der Waals surface area (Å²) in [6.07, 6.45) is 5.90. The summed E-state index contributed by atoms with van der Waals surface area (Å²) in [5, 5.41) is 10.5. The molecule has 0 aliphatic carbocycles. The van der Waals surface area contributed by atoms with Crippen molar-refractivity contribution in [1.29, 1.82) is 0 Å². The molecule has 4 nitrogen and oxygen atoms in total. The minimum atomic E-state index is -0.565. The van der Waals surface area contributed by atoms with Gasteiger partial charge in [0, 0.05) is 17.7 Å². The number of aromatic hydroxyl groups is 1. The number of unbranched alkanes of at least 4 members (excludes halogenated alkanes) is 3. The number of rotatable bonds is 9. The quantitative estimate of drug-likeness (QED) is 0.531. The molecule has 0 aliphatic heterocycles. The van der Waals surface area contributed by atoms with Gasteiger partial charge in [-0.25, -0.2) is 9.78 Å². The summed E-state index contributed by atoms with van der Waals surface area (Å²) in [6, 6.07) is 11.8. The van der Waals surface area contributed by atoms with Crippen LogP contribution in [-0.4, -0.2) is 22.7 Å². The maximum Gasteiger partial charge on any atom is 0.360 e. The summed E-state index contributed by atoms with van der Waals surface area (Å²) in [4.78, 5) is 16.5. The van der Waals surface area contributed by atoms with Crippen molar-refractivity contribution >= 4 is 5.97 Å². The lowest BCUT2D eigenvalue weighted by Crippen LogP contribution is -2.11. The van der Waals surface area contributed by atoms with Crippen LogP contribution < -0.4 is 0 Å². The number of aromatic nitrogens is 1. The second-order valence-corrected chi connectivity index (χ2v) is 6.16. The Bertz CT molecular complexity index is 683. The molecular formula is C21H27NO3. The summed E-state index contributed by atoms with van der Waals surface area (Å²) >= 11 is 0. The third kappa shape index (κ3) is 5.59. The predicted molar refractivity (Wildman–Crippen MR) is 99.0 cm³/mol. The topological polar surface area (TPSA) is 59.4 Å². The average molecular weight is 341 g/mol. The molecule has 0 atom stereocenters. The van der Waals surface area contributed by atoms with Crippen LogP contribution in [0.25, 0.3) is 0 Å². The smallest absolute Gasteiger partial charge is 0.360 e. The van der Waals surface area contributed by atoms with E-state index in [1.807, 2.05) is 36.4 Å². The number of pyridine rings is 1. The van der Waals surface area contributed by atoms with Crippen LogP contribution in [0, 0.1) is 0 Å². The van der Waals surface area contributed by atoms with Crippen molar-refractivity contribution < 1.29 is 14.6 Å². The molecule has 2 aromatic rings. The zero-order valence-corrected chi connectivity index (χ0v) is 15.1. The third-order valence-electron chi connectivity index (χ3n) is 4.12. The summed E-state index contributed by atoms with van der Waals surface area (Å²) < 4.78 is 5.05. The van der Waals surface area contributed by atoms with Crippen LogP contribution in [0.15, 0.2) is 36.4 Å². The Morgan fingerprint density at radius 2 is 1.88 bits per heavy atom. The first-order valence-corrected chi connectivity index (χ1v) is 9.08. The van der Waals surface area contributed by atoms with Gasteiger partial charge in [-0.15, -0.1) is 0 Å². The first-order chi connectivity index (χ1) is 12.2. The maximum absolute atomic E-state index is 12.2. The van der Waals surface area contributed by atoms with Crippen molar-refractivity contribution in [2.24, 2.45) is 0 Å². The molecule has 0 unspecified atom stereocenters. The van der Waals surface area contributed by atoms with Gasteiger partial charge in [0.25, 0.3) is 0 Å². The van der Waals surface area contributed by atoms with E-state index in [1.54, 1.807) is 6.92 Å². The van der Waals surface area contributed by atoms with E-state index in [2.05, 4.69) is 11.9 Å². The Kier molecular flexibility index (Phi) is 7.45. The van der Waals surface area contributed by atoms with Crippen molar-refractivity contribution in [3.63, 3.8) is 0 Å². The highest BCUT2D eigenvalue weighted by atomic mass is 16.5. The number of esters is 1. The summed E-state index contributed by atoms with van der Waals surface area (Å²) in [7, 11) is 0. The molecule has 1 aromatic carbocycles. The van der Waals surface area contributed by atoms with Gasteiger partial charge in [0.15, 0.2) is 11.4 Å². The van der Waals surface area contributed by atoms with E-state index < -0.39 is 5.97 Å². The van der Waals surface area contributed by atoms with Crippen molar-refractivity contribution in [2.45, 2.75) is 52.4 Å². The Labute approximate surface area is 149 Å². The van der Waals surface area contributed by atoms with Gasteiger partial charge in [-0.3, -0.25) is 0 Å². The monoisotopic (exact) mass is 341 g/mol. The molecule has 2 rings (SSSR count). The molecule has 0 spiro atoms. The average Bonchev–Trinajstić information content (AvgIpc) is 2.62. The number of carbonyl (C=O) groups is 1. The first-order valence-electron chi connectivity index (χ1n) is 9.08. The molecule has 0 aliphatic rings. The van der Waals surface area contributed by atoms with E-state index in [4.69, 9.17) is 4.74 Å². The molecule has 0 fully saturated rings. The fourth-order valence-corrected chi connectivity index (χ4v) is 2.80. The lowest BCUT2D eigenvalue weighted by molar-refractivity contribution is 0.0515. The Hall–Kier alpha value is -2.36. The normalized spacial score (nSPS) is 10.6. The van der Waals surface area contributed by atoms with E-state index in [1.165, 1.54) is 12.8 Å². The van der Waals surface area contributed by atoms with E-state index in [0.717, 1.165) is 36.1 Å². The molecule has 0 radical (unpaired) electrons. The van der Waals surface area contributed by atoms with Gasteiger partial charge in [-0.1, -0.05) is 56.5 Å². The lowest BCUT2D eigenvalue weighted by atomic mass is 10.0. The standard InChI is InChI=1S/C21H27NO3/c1-3-5-6-10-13-18-15-17(14-16-11-8-7-9-12-16)20(23)19(22-18)21(24)25-4-2/h7-9,11-12,15,23H,3-6,10,13-14H2,1-2H3. The highest BCUT2D eigenvalue weighted by molar-refractivity contribution is 5.90. The molecule has 1 heterocycles. The molecule has 1 N–H and O–H groups in total. The Morgan fingerprint density at radius 3 is 2.56 bits per heavy atom. The SMILES string of the molecule is CCCCCCc1cc(Cc2ccccc2)c(O)c(C(=O)OCC)n1. The highest BCUT2D eigenvalue weighted by Crippen LogP contribution is 2.26. The maximum atomic E-state index is 12.2. The van der Waals surface area contributed by atoms with Gasteiger partial charge in [0.2, 0.25) is 0 Å². The van der Waals surface area contributed by atoms with Crippen LogP contribution in [0.4, 0.5) is 0 Å². The number of benzene rings is 1. The number of ether oxygens (including phenoxy) is 1. The summed E-state index contributed by atoms with van der Waals surface area (Å²) in [5.41, 5.74) is 2.66. The number of hydrogen-bond donors (Lipinski definition) is 1. The van der Waals surface area contributed by atoms with E-state index >= 15 is 0 Å². The van der Waals surface area contributed by atoms with E-state index in [0.29, 0.717) is 6.42 Å². The van der Waals surface area contributed by atoms with Gasteiger partial charge in [0.05, 0.1) is 6.61 Å². The first kappa shape index (κ1) is 19.0. The van der Waals surface area contributed by atoms with Crippen LogP contribution in [0.3, 0.4) is 0 Å². The molecular weight excluding hydrogens is 314 g/mol. The molecule has 25 heavy (non-hydrogen) atoms. The van der Waals surface area contributed by atoms with Crippen LogP contribution in [0.2, 0.25) is 0 Å². The minimum absolute atomic E-state index is 0.0285. The van der Waals surface area contributed by atoms with Gasteiger partial charge in [0.1, 0.15) is 0 Å². The Balaban J connectivity index is 2.28. The molecule has 0 saturated carbocycles. The lowest BCUT2D eigenvalue weighted by Gasteiger charge is -2.12. The second-order valence-electron chi connectivity index (χ2n) is 6.16. The number of carbonyl (C=O) groups excluding carboxylic acids is 1. The third-order valence-corrected chi connectivity index (χ3v) is 4.12. The fourth-order valence-electron chi connectivity index (χ4n) is 2.80. The summed E-state index contributed by atoms with van der Waals surface area (Å²) in [6.45, 7) is 4.18. The van der Waals surface area contributed by atoms with Crippen LogP contribution in [-0.2, 0) is 17.6 Å². The van der Waals surface area contributed by atoms with E-state index in [-0.39, 0.29) is 18.1 Å². The van der Waals surface area contributed by atoms with Gasteiger partial charge in [-0.2, -0.15) is 0 Å². The van der Waals surface area contributed by atoms with Crippen molar-refractivity contribution in [3.8, 4) is 5.75 Å². The molecule has 0 bridgehead atoms. The molecule has 134 valence electrons. The second kappa shape index (κ2) is 9.82. The van der Waals surface area contributed by atoms with Gasteiger partial charge < -0.3 is 9.84 Å². The molecule has 0 amide bonds. The zero-order valence-electron chi connectivity index (χ0n) is 15.1. The Morgan fingerprint density at radius 1 is 1.12 bits per heavy atom. The predicted octanol–water partition coefficient (Wildman–Crippen LogP) is 4.68. The molecule has 4 heteroatoms. The summed E-state index contributed by atoms with van der Waals surface area (Å²) in [5.74, 6) is -0.635. The van der Waals surface area contributed by atoms with Gasteiger partial charge in [-0.05, 0) is 31.4 Å². The van der Waals surface area contributed by atoms with Crippen molar-refractivity contribution in [3.05, 3.63) is 58.9 Å². The highest BCUT2D eigenvalue weighted by Gasteiger charge is 2.19. The number of hydrogen-bond acceptors (Lipinski definition) is 4. The van der Waals surface area contributed by atoms with Crippen LogP contribution in [0.1, 0.15) is 66.8 Å². The van der Waals surface area contributed by atoms with E-state index in [9.17, 15) is 9.90 Å². The number of aryl methyl sites for hydroxylation is 1. The van der Waals surface area contributed by atoms with Gasteiger partial charge >= 0.3 is 5.97 Å².